The fourth-order valence-corrected chi connectivity index (χ4v) is 3.69. The molecule has 2 heterocycles. The highest BCUT2D eigenvalue weighted by molar-refractivity contribution is 5.98. The van der Waals surface area contributed by atoms with Gasteiger partial charge in [-0.3, -0.25) is 19.5 Å². The van der Waals surface area contributed by atoms with E-state index >= 15 is 0 Å². The molecule has 0 spiro atoms. The Bertz CT molecular complexity index is 871. The predicted octanol–water partition coefficient (Wildman–Crippen LogP) is 2.69. The van der Waals surface area contributed by atoms with Crippen LogP contribution in [0.25, 0.3) is 10.9 Å². The van der Waals surface area contributed by atoms with Crippen molar-refractivity contribution >= 4 is 22.8 Å². The molecule has 1 aliphatic rings. The summed E-state index contributed by atoms with van der Waals surface area (Å²) in [6.07, 6.45) is 2.42. The van der Waals surface area contributed by atoms with E-state index in [9.17, 15) is 14.0 Å². The Kier molecular flexibility index (Phi) is 5.70. The maximum absolute atomic E-state index is 13.4. The molecular weight excluding hydrogens is 349 g/mol. The van der Waals surface area contributed by atoms with E-state index in [4.69, 9.17) is 5.11 Å². The first-order valence-electron chi connectivity index (χ1n) is 9.13. The zero-order valence-electron chi connectivity index (χ0n) is 15.6. The topological polar surface area (TPSA) is 73.7 Å². The number of aliphatic carboxylic acids is 1. The van der Waals surface area contributed by atoms with Crippen LogP contribution >= 0.6 is 0 Å². The summed E-state index contributed by atoms with van der Waals surface area (Å²) in [6, 6.07) is 6.29. The number of likely N-dealkylation sites (N-methyl/N-ethyl adjacent to an activating group) is 1. The van der Waals surface area contributed by atoms with Crippen LogP contribution in [0.3, 0.4) is 0 Å². The number of likely N-dealkylation sites (tertiary alicyclic amines) is 1. The first kappa shape index (κ1) is 19.2. The minimum atomic E-state index is -0.844. The lowest BCUT2D eigenvalue weighted by molar-refractivity contribution is -0.138. The standard InChI is InChI=1S/C20H24FN3O3/c1-13-17(10-14-5-6-15(21)11-18(14)22-13)20(27)24-8-3-4-16(7-9-24)23(2)12-19(25)26/h5-6,10-11,16H,3-4,7-9,12H2,1-2H3,(H,25,26)/t16-/m0/s1. The molecular formula is C20H24FN3O3. The highest BCUT2D eigenvalue weighted by Gasteiger charge is 2.25. The van der Waals surface area contributed by atoms with Gasteiger partial charge in [0.15, 0.2) is 0 Å². The fourth-order valence-electron chi connectivity index (χ4n) is 3.69. The van der Waals surface area contributed by atoms with Gasteiger partial charge < -0.3 is 10.0 Å². The summed E-state index contributed by atoms with van der Waals surface area (Å²) >= 11 is 0. The molecule has 144 valence electrons. The maximum atomic E-state index is 13.4. The maximum Gasteiger partial charge on any atom is 0.317 e. The lowest BCUT2D eigenvalue weighted by atomic mass is 10.1. The van der Waals surface area contributed by atoms with Crippen molar-refractivity contribution in [3.63, 3.8) is 0 Å². The lowest BCUT2D eigenvalue weighted by Crippen LogP contribution is -2.37. The van der Waals surface area contributed by atoms with Gasteiger partial charge in [0.1, 0.15) is 5.82 Å². The Morgan fingerprint density at radius 2 is 2.07 bits per heavy atom. The first-order valence-corrected chi connectivity index (χ1v) is 9.13. The Morgan fingerprint density at radius 1 is 1.30 bits per heavy atom. The van der Waals surface area contributed by atoms with Crippen LogP contribution in [0.5, 0.6) is 0 Å². The molecule has 1 aromatic heterocycles. The molecule has 0 saturated carbocycles. The number of aromatic nitrogens is 1. The van der Waals surface area contributed by atoms with E-state index in [0.717, 1.165) is 24.6 Å². The number of pyridine rings is 1. The van der Waals surface area contributed by atoms with Crippen molar-refractivity contribution in [3.8, 4) is 0 Å². The number of hydrogen-bond donors (Lipinski definition) is 1. The number of hydrogen-bond acceptors (Lipinski definition) is 4. The monoisotopic (exact) mass is 373 g/mol. The van der Waals surface area contributed by atoms with Crippen LogP contribution in [0.2, 0.25) is 0 Å². The van der Waals surface area contributed by atoms with Crippen molar-refractivity contribution in [2.24, 2.45) is 0 Å². The summed E-state index contributed by atoms with van der Waals surface area (Å²) in [5.74, 6) is -1.27. The average molecular weight is 373 g/mol. The van der Waals surface area contributed by atoms with Crippen LogP contribution in [-0.2, 0) is 4.79 Å². The SMILES string of the molecule is Cc1nc2cc(F)ccc2cc1C(=O)N1CCC[C@H](N(C)CC(=O)O)CC1. The molecule has 1 fully saturated rings. The molecule has 0 aliphatic carbocycles. The molecule has 6 nitrogen and oxygen atoms in total. The van der Waals surface area contributed by atoms with Crippen LogP contribution in [-0.4, -0.2) is 64.5 Å². The Hall–Kier alpha value is -2.54. The second kappa shape index (κ2) is 8.00. The van der Waals surface area contributed by atoms with Crippen molar-refractivity contribution < 1.29 is 19.1 Å². The number of benzene rings is 1. The van der Waals surface area contributed by atoms with Gasteiger partial charge in [-0.25, -0.2) is 4.39 Å². The number of carbonyl (C=O) groups is 2. The Labute approximate surface area is 157 Å². The highest BCUT2D eigenvalue weighted by Crippen LogP contribution is 2.22. The summed E-state index contributed by atoms with van der Waals surface area (Å²) in [5, 5.41) is 9.71. The van der Waals surface area contributed by atoms with E-state index in [1.54, 1.807) is 19.1 Å². The molecule has 0 bridgehead atoms. The van der Waals surface area contributed by atoms with E-state index in [0.29, 0.717) is 29.9 Å². The van der Waals surface area contributed by atoms with Crippen molar-refractivity contribution in [3.05, 3.63) is 41.3 Å². The van der Waals surface area contributed by atoms with E-state index in [1.165, 1.54) is 12.1 Å². The van der Waals surface area contributed by atoms with Gasteiger partial charge in [-0.05, 0) is 51.4 Å². The number of rotatable bonds is 4. The van der Waals surface area contributed by atoms with E-state index in [2.05, 4.69) is 4.98 Å². The van der Waals surface area contributed by atoms with Gasteiger partial charge in [0.2, 0.25) is 0 Å². The molecule has 1 N–H and O–H groups in total. The summed E-state index contributed by atoms with van der Waals surface area (Å²) in [7, 11) is 1.81. The summed E-state index contributed by atoms with van der Waals surface area (Å²) in [4.78, 5) is 32.0. The number of fused-ring (bicyclic) bond motifs is 1. The number of halogens is 1. The number of carboxylic acids is 1. The Morgan fingerprint density at radius 3 is 2.81 bits per heavy atom. The molecule has 3 rings (SSSR count). The fraction of sp³-hybridized carbons (Fsp3) is 0.450. The molecule has 1 saturated heterocycles. The quantitative estimate of drug-likeness (QED) is 0.892. The zero-order valence-corrected chi connectivity index (χ0v) is 15.6. The van der Waals surface area contributed by atoms with Crippen LogP contribution in [0, 0.1) is 12.7 Å². The number of amides is 1. The average Bonchev–Trinajstić information content (AvgIpc) is 2.86. The number of carboxylic acid groups (broad SMARTS) is 1. The molecule has 0 unspecified atom stereocenters. The third kappa shape index (κ3) is 4.42. The van der Waals surface area contributed by atoms with Crippen LogP contribution in [0.1, 0.15) is 35.3 Å². The summed E-state index contributed by atoms with van der Waals surface area (Å²) in [5.41, 5.74) is 1.66. The third-order valence-corrected chi connectivity index (χ3v) is 5.19. The van der Waals surface area contributed by atoms with Gasteiger partial charge in [-0.1, -0.05) is 0 Å². The number of carbonyl (C=O) groups excluding carboxylic acids is 1. The molecule has 1 aromatic carbocycles. The van der Waals surface area contributed by atoms with Crippen molar-refractivity contribution in [1.29, 1.82) is 0 Å². The van der Waals surface area contributed by atoms with Crippen molar-refractivity contribution in [1.82, 2.24) is 14.8 Å². The summed E-state index contributed by atoms with van der Waals surface area (Å²) in [6.45, 7) is 2.98. The molecule has 2 aromatic rings. The first-order chi connectivity index (χ1) is 12.8. The Balaban J connectivity index is 1.76. The van der Waals surface area contributed by atoms with Gasteiger partial charge in [0.25, 0.3) is 5.91 Å². The molecule has 27 heavy (non-hydrogen) atoms. The second-order valence-electron chi connectivity index (χ2n) is 7.14. The lowest BCUT2D eigenvalue weighted by Gasteiger charge is -2.25. The third-order valence-electron chi connectivity index (χ3n) is 5.19. The molecule has 1 aliphatic heterocycles. The summed E-state index contributed by atoms with van der Waals surface area (Å²) < 4.78 is 13.4. The molecule has 7 heteroatoms. The predicted molar refractivity (Wildman–Crippen MR) is 100 cm³/mol. The van der Waals surface area contributed by atoms with Gasteiger partial charge in [0, 0.05) is 30.6 Å². The van der Waals surface area contributed by atoms with Gasteiger partial charge in [-0.2, -0.15) is 0 Å². The van der Waals surface area contributed by atoms with Gasteiger partial charge in [-0.15, -0.1) is 0 Å². The minimum absolute atomic E-state index is 0.00285. The number of aryl methyl sites for hydroxylation is 1. The largest absolute Gasteiger partial charge is 0.480 e. The van der Waals surface area contributed by atoms with Crippen molar-refractivity contribution in [2.75, 3.05) is 26.7 Å². The molecule has 0 radical (unpaired) electrons. The molecule has 1 atom stereocenters. The van der Waals surface area contributed by atoms with E-state index in [1.807, 2.05) is 16.8 Å². The van der Waals surface area contributed by atoms with Crippen LogP contribution in [0.4, 0.5) is 4.39 Å². The minimum Gasteiger partial charge on any atom is -0.480 e. The van der Waals surface area contributed by atoms with Crippen molar-refractivity contribution in [2.45, 2.75) is 32.2 Å². The second-order valence-corrected chi connectivity index (χ2v) is 7.14. The van der Waals surface area contributed by atoms with Gasteiger partial charge >= 0.3 is 5.97 Å². The van der Waals surface area contributed by atoms with Crippen LogP contribution < -0.4 is 0 Å². The number of nitrogens with zero attached hydrogens (tertiary/aromatic N) is 3. The normalized spacial score (nSPS) is 17.9. The highest BCUT2D eigenvalue weighted by atomic mass is 19.1. The molecule has 1 amide bonds. The van der Waals surface area contributed by atoms with E-state index in [-0.39, 0.29) is 24.3 Å². The smallest absolute Gasteiger partial charge is 0.317 e. The van der Waals surface area contributed by atoms with Crippen LogP contribution in [0.15, 0.2) is 24.3 Å². The zero-order chi connectivity index (χ0) is 19.6. The van der Waals surface area contributed by atoms with Gasteiger partial charge in [0.05, 0.1) is 23.3 Å². The van der Waals surface area contributed by atoms with E-state index < -0.39 is 5.97 Å².